The summed E-state index contributed by atoms with van der Waals surface area (Å²) in [6, 6.07) is 12.0. The minimum Gasteiger partial charge on any atom is -0.493 e. The van der Waals surface area contributed by atoms with Crippen LogP contribution in [0.2, 0.25) is 0 Å². The Bertz CT molecular complexity index is 750. The highest BCUT2D eigenvalue weighted by Crippen LogP contribution is 2.36. The summed E-state index contributed by atoms with van der Waals surface area (Å²) in [5, 5.41) is 5.15. The van der Waals surface area contributed by atoms with Crippen molar-refractivity contribution < 1.29 is 14.3 Å². The molecule has 1 aliphatic carbocycles. The van der Waals surface area contributed by atoms with E-state index in [9.17, 15) is 4.79 Å². The van der Waals surface area contributed by atoms with E-state index in [4.69, 9.17) is 9.47 Å². The monoisotopic (exact) mass is 355 g/mol. The van der Waals surface area contributed by atoms with Crippen molar-refractivity contribution in [1.29, 1.82) is 0 Å². The Morgan fingerprint density at radius 2 is 1.81 bits per heavy atom. The van der Waals surface area contributed by atoms with Crippen LogP contribution in [0.5, 0.6) is 5.75 Å². The molecule has 0 unspecified atom stereocenters. The molecule has 0 spiro atoms. The summed E-state index contributed by atoms with van der Waals surface area (Å²) in [6.07, 6.45) is 5.80. The average molecular weight is 355 g/mol. The third-order valence-electron chi connectivity index (χ3n) is 5.13. The largest absolute Gasteiger partial charge is 0.493 e. The first-order valence-corrected chi connectivity index (χ1v) is 9.80. The third kappa shape index (κ3) is 3.85. The number of amides is 1. The Morgan fingerprint density at radius 1 is 1.08 bits per heavy atom. The lowest BCUT2D eigenvalue weighted by Gasteiger charge is -2.27. The molecule has 0 radical (unpaired) electrons. The van der Waals surface area contributed by atoms with Gasteiger partial charge in [0.1, 0.15) is 11.4 Å². The summed E-state index contributed by atoms with van der Waals surface area (Å²) in [6.45, 7) is 5.36. The molecule has 0 aliphatic heterocycles. The maximum atomic E-state index is 13.0. The van der Waals surface area contributed by atoms with Gasteiger partial charge >= 0.3 is 0 Å². The van der Waals surface area contributed by atoms with E-state index >= 15 is 0 Å². The lowest BCUT2D eigenvalue weighted by Crippen LogP contribution is -2.43. The first-order valence-electron chi connectivity index (χ1n) is 9.80. The summed E-state index contributed by atoms with van der Waals surface area (Å²) in [7, 11) is 0. The van der Waals surface area contributed by atoms with Crippen molar-refractivity contribution in [3.8, 4) is 5.75 Å². The number of ether oxygens (including phenoxy) is 2. The molecule has 1 amide bonds. The Morgan fingerprint density at radius 3 is 2.50 bits per heavy atom. The number of hydrogen-bond acceptors (Lipinski definition) is 3. The van der Waals surface area contributed by atoms with Crippen LogP contribution in [0.3, 0.4) is 0 Å². The van der Waals surface area contributed by atoms with Crippen molar-refractivity contribution in [3.05, 3.63) is 36.4 Å². The first kappa shape index (κ1) is 18.7. The van der Waals surface area contributed by atoms with Gasteiger partial charge in [-0.05, 0) is 51.2 Å². The maximum absolute atomic E-state index is 13.0. The topological polar surface area (TPSA) is 47.6 Å². The molecule has 4 nitrogen and oxygen atoms in total. The highest BCUT2D eigenvalue weighted by Gasteiger charge is 2.42. The van der Waals surface area contributed by atoms with Gasteiger partial charge in [-0.2, -0.15) is 0 Å². The van der Waals surface area contributed by atoms with Crippen LogP contribution >= 0.6 is 0 Å². The van der Waals surface area contributed by atoms with E-state index in [0.717, 1.165) is 60.7 Å². The molecular formula is C22H29NO3. The SMILES string of the molecule is CCCCOc1ccc(NC(=O)C2(OCC)CCCC2)c2ccccc12. The summed E-state index contributed by atoms with van der Waals surface area (Å²) < 4.78 is 11.8. The quantitative estimate of drug-likeness (QED) is 0.653. The lowest BCUT2D eigenvalue weighted by molar-refractivity contribution is -0.140. The predicted octanol–water partition coefficient (Wildman–Crippen LogP) is 5.31. The fourth-order valence-electron chi connectivity index (χ4n) is 3.73. The maximum Gasteiger partial charge on any atom is 0.256 e. The predicted molar refractivity (Wildman–Crippen MR) is 106 cm³/mol. The van der Waals surface area contributed by atoms with Crippen LogP contribution in [0, 0.1) is 0 Å². The second-order valence-electron chi connectivity index (χ2n) is 6.95. The van der Waals surface area contributed by atoms with Crippen molar-refractivity contribution in [2.75, 3.05) is 18.5 Å². The molecule has 2 aromatic carbocycles. The zero-order chi connectivity index (χ0) is 18.4. The van der Waals surface area contributed by atoms with E-state index < -0.39 is 5.60 Å². The van der Waals surface area contributed by atoms with Gasteiger partial charge in [0.05, 0.1) is 6.61 Å². The number of nitrogens with one attached hydrogen (secondary N) is 1. The fourth-order valence-corrected chi connectivity index (χ4v) is 3.73. The number of rotatable bonds is 8. The molecule has 4 heteroatoms. The highest BCUT2D eigenvalue weighted by molar-refractivity contribution is 6.06. The lowest BCUT2D eigenvalue weighted by atomic mass is 10.00. The van der Waals surface area contributed by atoms with Crippen molar-refractivity contribution in [2.24, 2.45) is 0 Å². The molecule has 0 bridgehead atoms. The van der Waals surface area contributed by atoms with Crippen LogP contribution in [0.1, 0.15) is 52.4 Å². The Hall–Kier alpha value is -2.07. The molecule has 0 atom stereocenters. The minimum absolute atomic E-state index is 0.0262. The second-order valence-corrected chi connectivity index (χ2v) is 6.95. The van der Waals surface area contributed by atoms with Crippen molar-refractivity contribution >= 4 is 22.4 Å². The zero-order valence-electron chi connectivity index (χ0n) is 15.8. The molecule has 0 heterocycles. The van der Waals surface area contributed by atoms with E-state index in [1.54, 1.807) is 0 Å². The van der Waals surface area contributed by atoms with Crippen LogP contribution in [-0.2, 0) is 9.53 Å². The van der Waals surface area contributed by atoms with Gasteiger partial charge in [-0.25, -0.2) is 0 Å². The van der Waals surface area contributed by atoms with E-state index in [0.29, 0.717) is 13.2 Å². The van der Waals surface area contributed by atoms with Gasteiger partial charge in [-0.15, -0.1) is 0 Å². The Labute approximate surface area is 155 Å². The first-order chi connectivity index (χ1) is 12.7. The second kappa shape index (κ2) is 8.54. The van der Waals surface area contributed by atoms with Crippen LogP contribution < -0.4 is 10.1 Å². The number of carbonyl (C=O) groups is 1. The van der Waals surface area contributed by atoms with E-state index in [1.165, 1.54) is 0 Å². The van der Waals surface area contributed by atoms with Crippen LogP contribution in [-0.4, -0.2) is 24.7 Å². The normalized spacial score (nSPS) is 15.9. The molecule has 1 aliphatic rings. The van der Waals surface area contributed by atoms with Crippen LogP contribution in [0.15, 0.2) is 36.4 Å². The van der Waals surface area contributed by atoms with Gasteiger partial charge in [0.15, 0.2) is 0 Å². The third-order valence-corrected chi connectivity index (χ3v) is 5.13. The number of anilines is 1. The molecule has 1 fully saturated rings. The van der Waals surface area contributed by atoms with E-state index in [-0.39, 0.29) is 5.91 Å². The molecule has 1 N–H and O–H groups in total. The number of fused-ring (bicyclic) bond motifs is 1. The standard InChI is InChI=1S/C22H29NO3/c1-3-5-16-25-20-13-12-19(17-10-6-7-11-18(17)20)23-21(24)22(26-4-2)14-8-9-15-22/h6-7,10-13H,3-5,8-9,14-16H2,1-2H3,(H,23,24). The van der Waals surface area contributed by atoms with E-state index in [2.05, 4.69) is 12.2 Å². The number of unbranched alkanes of at least 4 members (excludes halogenated alkanes) is 1. The number of carbonyl (C=O) groups excluding carboxylic acids is 1. The van der Waals surface area contributed by atoms with Gasteiger partial charge in [0.2, 0.25) is 0 Å². The van der Waals surface area contributed by atoms with Crippen LogP contribution in [0.4, 0.5) is 5.69 Å². The molecule has 2 aromatic rings. The molecule has 1 saturated carbocycles. The number of hydrogen-bond donors (Lipinski definition) is 1. The Kier molecular flexibility index (Phi) is 6.15. The van der Waals surface area contributed by atoms with Gasteiger partial charge in [-0.3, -0.25) is 4.79 Å². The average Bonchev–Trinajstić information content (AvgIpc) is 3.14. The molecule has 3 rings (SSSR count). The minimum atomic E-state index is -0.674. The van der Waals surface area contributed by atoms with E-state index in [1.807, 2.05) is 43.3 Å². The van der Waals surface area contributed by atoms with Crippen molar-refractivity contribution in [3.63, 3.8) is 0 Å². The summed E-state index contributed by atoms with van der Waals surface area (Å²) in [5.41, 5.74) is 0.144. The highest BCUT2D eigenvalue weighted by atomic mass is 16.5. The molecule has 0 saturated heterocycles. The Balaban J connectivity index is 1.86. The molecule has 26 heavy (non-hydrogen) atoms. The fraction of sp³-hybridized carbons (Fsp3) is 0.500. The zero-order valence-corrected chi connectivity index (χ0v) is 15.8. The molecule has 140 valence electrons. The van der Waals surface area contributed by atoms with Gasteiger partial charge in [-0.1, -0.05) is 37.6 Å². The molecular weight excluding hydrogens is 326 g/mol. The summed E-state index contributed by atoms with van der Waals surface area (Å²) >= 11 is 0. The summed E-state index contributed by atoms with van der Waals surface area (Å²) in [5.74, 6) is 0.842. The smallest absolute Gasteiger partial charge is 0.256 e. The van der Waals surface area contributed by atoms with Gasteiger partial charge < -0.3 is 14.8 Å². The van der Waals surface area contributed by atoms with Gasteiger partial charge in [0, 0.05) is 23.1 Å². The van der Waals surface area contributed by atoms with Crippen molar-refractivity contribution in [1.82, 2.24) is 0 Å². The van der Waals surface area contributed by atoms with Gasteiger partial charge in [0.25, 0.3) is 5.91 Å². The van der Waals surface area contributed by atoms with Crippen LogP contribution in [0.25, 0.3) is 10.8 Å². The number of benzene rings is 2. The summed E-state index contributed by atoms with van der Waals surface area (Å²) in [4.78, 5) is 13.0. The van der Waals surface area contributed by atoms with Crippen molar-refractivity contribution in [2.45, 2.75) is 58.0 Å². The molecule has 0 aromatic heterocycles.